The van der Waals surface area contributed by atoms with Gasteiger partial charge in [0.25, 0.3) is 0 Å². The lowest BCUT2D eigenvalue weighted by Crippen LogP contribution is -2.45. The number of nitrogens with zero attached hydrogens (tertiary/aromatic N) is 2. The zero-order chi connectivity index (χ0) is 16.1. The molecule has 0 aliphatic carbocycles. The summed E-state index contributed by atoms with van der Waals surface area (Å²) < 4.78 is 20.7. The maximum atomic E-state index is 14.1. The van der Waals surface area contributed by atoms with Gasteiger partial charge in [-0.25, -0.2) is 9.37 Å². The van der Waals surface area contributed by atoms with E-state index in [1.807, 2.05) is 0 Å². The van der Waals surface area contributed by atoms with Crippen LogP contribution in [-0.4, -0.2) is 35.2 Å². The number of hydrogen-bond donors (Lipinski definition) is 2. The van der Waals surface area contributed by atoms with E-state index in [4.69, 9.17) is 10.5 Å². The number of ether oxygens (including phenoxy) is 1. The molecule has 0 saturated heterocycles. The third-order valence-corrected chi connectivity index (χ3v) is 3.30. The maximum absolute atomic E-state index is 14.1. The highest BCUT2D eigenvalue weighted by atomic mass is 19.1. The number of amides is 1. The average molecular weight is 306 g/mol. The summed E-state index contributed by atoms with van der Waals surface area (Å²) in [6.07, 6.45) is 3.31. The van der Waals surface area contributed by atoms with Crippen molar-refractivity contribution in [2.75, 3.05) is 13.7 Å². The van der Waals surface area contributed by atoms with Crippen LogP contribution in [0.3, 0.4) is 0 Å². The molecule has 1 aromatic carbocycles. The van der Waals surface area contributed by atoms with Gasteiger partial charge in [-0.3, -0.25) is 4.79 Å². The van der Waals surface area contributed by atoms with Crippen molar-refractivity contribution in [2.45, 2.75) is 12.1 Å². The zero-order valence-corrected chi connectivity index (χ0v) is 12.5. The van der Waals surface area contributed by atoms with Gasteiger partial charge in [0, 0.05) is 32.1 Å². The first-order chi connectivity index (χ1) is 10.5. The van der Waals surface area contributed by atoms with Crippen molar-refractivity contribution in [3.05, 3.63) is 53.9 Å². The summed E-state index contributed by atoms with van der Waals surface area (Å²) in [7, 11) is 3.23. The largest absolute Gasteiger partial charge is 0.383 e. The number of nitrogens with two attached hydrogens (primary N) is 1. The minimum atomic E-state index is -0.834. The van der Waals surface area contributed by atoms with E-state index in [1.54, 1.807) is 42.2 Å². The number of rotatable bonds is 6. The third kappa shape index (κ3) is 3.49. The van der Waals surface area contributed by atoms with Crippen molar-refractivity contribution in [3.8, 4) is 0 Å². The SMILES string of the molecule is COCC(N)C(=O)NC(c1ccccc1F)c1nccn1C. The Bertz CT molecular complexity index is 644. The van der Waals surface area contributed by atoms with Crippen LogP contribution in [-0.2, 0) is 16.6 Å². The van der Waals surface area contributed by atoms with Crippen LogP contribution in [0.5, 0.6) is 0 Å². The average Bonchev–Trinajstić information content (AvgIpc) is 2.91. The molecule has 0 fully saturated rings. The fraction of sp³-hybridized carbons (Fsp3) is 0.333. The molecule has 22 heavy (non-hydrogen) atoms. The van der Waals surface area contributed by atoms with E-state index < -0.39 is 23.8 Å². The van der Waals surface area contributed by atoms with E-state index in [0.717, 1.165) is 0 Å². The summed E-state index contributed by atoms with van der Waals surface area (Å²) >= 11 is 0. The van der Waals surface area contributed by atoms with Gasteiger partial charge in [0.05, 0.1) is 6.61 Å². The molecule has 1 aromatic heterocycles. The molecule has 0 aliphatic rings. The molecule has 7 heteroatoms. The number of carbonyl (C=O) groups is 1. The Morgan fingerprint density at radius 1 is 1.50 bits per heavy atom. The van der Waals surface area contributed by atoms with Crippen LogP contribution < -0.4 is 11.1 Å². The number of carbonyl (C=O) groups excluding carboxylic acids is 1. The molecule has 3 N–H and O–H groups in total. The van der Waals surface area contributed by atoms with E-state index in [1.165, 1.54) is 13.2 Å². The van der Waals surface area contributed by atoms with Crippen LogP contribution in [0.1, 0.15) is 17.4 Å². The summed E-state index contributed by atoms with van der Waals surface area (Å²) in [5.41, 5.74) is 6.05. The summed E-state index contributed by atoms with van der Waals surface area (Å²) in [4.78, 5) is 16.4. The van der Waals surface area contributed by atoms with Crippen LogP contribution in [0.15, 0.2) is 36.7 Å². The van der Waals surface area contributed by atoms with E-state index in [9.17, 15) is 9.18 Å². The van der Waals surface area contributed by atoms with Crippen LogP contribution >= 0.6 is 0 Å². The first-order valence-electron chi connectivity index (χ1n) is 6.81. The molecule has 6 nitrogen and oxygen atoms in total. The maximum Gasteiger partial charge on any atom is 0.240 e. The number of methoxy groups -OCH3 is 1. The highest BCUT2D eigenvalue weighted by molar-refractivity contribution is 5.82. The summed E-state index contributed by atoms with van der Waals surface area (Å²) in [5.74, 6) is -0.336. The molecule has 0 spiro atoms. The number of hydrogen-bond acceptors (Lipinski definition) is 4. The second-order valence-electron chi connectivity index (χ2n) is 4.92. The van der Waals surface area contributed by atoms with Crippen LogP contribution in [0.4, 0.5) is 4.39 Å². The number of aromatic nitrogens is 2. The number of imidazole rings is 1. The zero-order valence-electron chi connectivity index (χ0n) is 12.5. The smallest absolute Gasteiger partial charge is 0.240 e. The third-order valence-electron chi connectivity index (χ3n) is 3.30. The van der Waals surface area contributed by atoms with E-state index in [0.29, 0.717) is 11.4 Å². The Labute approximate surface area is 128 Å². The first-order valence-corrected chi connectivity index (χ1v) is 6.81. The molecule has 1 amide bonds. The van der Waals surface area contributed by atoms with E-state index in [2.05, 4.69) is 10.3 Å². The quantitative estimate of drug-likeness (QED) is 0.824. The minimum absolute atomic E-state index is 0.0798. The molecule has 2 aromatic rings. The van der Waals surface area contributed by atoms with Gasteiger partial charge in [0.1, 0.15) is 23.7 Å². The van der Waals surface area contributed by atoms with Crippen molar-refractivity contribution in [3.63, 3.8) is 0 Å². The predicted octanol–water partition coefficient (Wildman–Crippen LogP) is 0.739. The number of halogens is 1. The minimum Gasteiger partial charge on any atom is -0.383 e. The van der Waals surface area contributed by atoms with Gasteiger partial charge < -0.3 is 20.4 Å². The molecule has 0 aliphatic heterocycles. The summed E-state index contributed by atoms with van der Waals surface area (Å²) in [6.45, 7) is 0.0798. The van der Waals surface area contributed by atoms with Gasteiger partial charge in [-0.05, 0) is 6.07 Å². The fourth-order valence-electron chi connectivity index (χ4n) is 2.15. The lowest BCUT2D eigenvalue weighted by atomic mass is 10.0. The Morgan fingerprint density at radius 2 is 2.23 bits per heavy atom. The second-order valence-corrected chi connectivity index (χ2v) is 4.92. The van der Waals surface area contributed by atoms with Crippen LogP contribution in [0, 0.1) is 5.82 Å². The van der Waals surface area contributed by atoms with Crippen molar-refractivity contribution in [2.24, 2.45) is 12.8 Å². The molecule has 2 rings (SSSR count). The molecular weight excluding hydrogens is 287 g/mol. The summed E-state index contributed by atoms with van der Waals surface area (Å²) in [5, 5.41) is 2.73. The number of benzene rings is 1. The van der Waals surface area contributed by atoms with Gasteiger partial charge in [-0.15, -0.1) is 0 Å². The molecule has 2 unspecified atom stereocenters. The van der Waals surface area contributed by atoms with Crippen molar-refractivity contribution in [1.82, 2.24) is 14.9 Å². The van der Waals surface area contributed by atoms with Crippen molar-refractivity contribution < 1.29 is 13.9 Å². The Kier molecular flexibility index (Phi) is 5.24. The highest BCUT2D eigenvalue weighted by Gasteiger charge is 2.25. The predicted molar refractivity (Wildman–Crippen MR) is 79.4 cm³/mol. The molecule has 1 heterocycles. The van der Waals surface area contributed by atoms with E-state index >= 15 is 0 Å². The Balaban J connectivity index is 2.33. The molecule has 0 radical (unpaired) electrons. The monoisotopic (exact) mass is 306 g/mol. The second kappa shape index (κ2) is 7.15. The summed E-state index contributed by atoms with van der Waals surface area (Å²) in [6, 6.07) is 4.68. The lowest BCUT2D eigenvalue weighted by molar-refractivity contribution is -0.124. The van der Waals surface area contributed by atoms with Gasteiger partial charge in [0.2, 0.25) is 5.91 Å². The topological polar surface area (TPSA) is 82.2 Å². The van der Waals surface area contributed by atoms with Crippen LogP contribution in [0.25, 0.3) is 0 Å². The van der Waals surface area contributed by atoms with Gasteiger partial charge in [0.15, 0.2) is 0 Å². The lowest BCUT2D eigenvalue weighted by Gasteiger charge is -2.21. The first kappa shape index (κ1) is 16.1. The van der Waals surface area contributed by atoms with Crippen molar-refractivity contribution >= 4 is 5.91 Å². The van der Waals surface area contributed by atoms with E-state index in [-0.39, 0.29) is 6.61 Å². The van der Waals surface area contributed by atoms with Gasteiger partial charge >= 0.3 is 0 Å². The molecule has 0 saturated carbocycles. The highest BCUT2D eigenvalue weighted by Crippen LogP contribution is 2.23. The molecule has 118 valence electrons. The number of aryl methyl sites for hydroxylation is 1. The van der Waals surface area contributed by atoms with Gasteiger partial charge in [-0.2, -0.15) is 0 Å². The normalized spacial score (nSPS) is 13.6. The number of nitrogens with one attached hydrogen (secondary N) is 1. The Morgan fingerprint density at radius 3 is 2.82 bits per heavy atom. The molecule has 0 bridgehead atoms. The standard InChI is InChI=1S/C15H19FN4O2/c1-20-8-7-18-14(20)13(10-5-3-4-6-11(10)16)19-15(21)12(17)9-22-2/h3-8,12-13H,9,17H2,1-2H3,(H,19,21). The van der Waals surface area contributed by atoms with Gasteiger partial charge in [-0.1, -0.05) is 18.2 Å². The fourth-order valence-corrected chi connectivity index (χ4v) is 2.15. The molecule has 2 atom stereocenters. The van der Waals surface area contributed by atoms with Crippen molar-refractivity contribution in [1.29, 1.82) is 0 Å². The Hall–Kier alpha value is -2.25. The van der Waals surface area contributed by atoms with Crippen LogP contribution in [0.2, 0.25) is 0 Å². The molecular formula is C15H19FN4O2.